The zero-order chi connectivity index (χ0) is 12.0. The van der Waals surface area contributed by atoms with Gasteiger partial charge in [-0.3, -0.25) is 4.79 Å². The summed E-state index contributed by atoms with van der Waals surface area (Å²) < 4.78 is 0. The molecule has 0 atom stereocenters. The number of nitrogens with one attached hydrogen (secondary N) is 1. The lowest BCUT2D eigenvalue weighted by molar-refractivity contribution is -0.122. The summed E-state index contributed by atoms with van der Waals surface area (Å²) >= 11 is 0. The highest BCUT2D eigenvalue weighted by atomic mass is 16.1. The molecule has 0 aromatic heterocycles. The number of rotatable bonds is 5. The van der Waals surface area contributed by atoms with E-state index in [-0.39, 0.29) is 11.4 Å². The molecule has 0 spiro atoms. The van der Waals surface area contributed by atoms with Gasteiger partial charge < -0.3 is 5.32 Å². The van der Waals surface area contributed by atoms with Gasteiger partial charge in [0.25, 0.3) is 0 Å². The summed E-state index contributed by atoms with van der Waals surface area (Å²) in [5, 5.41) is 3.04. The Balaban J connectivity index is 2.36. The fourth-order valence-corrected chi connectivity index (χ4v) is 1.43. The predicted octanol–water partition coefficient (Wildman–Crippen LogP) is 2.92. The Morgan fingerprint density at radius 3 is 2.44 bits per heavy atom. The second kappa shape index (κ2) is 5.69. The Bertz CT molecular complexity index is 330. The Labute approximate surface area is 98.1 Å². The average molecular weight is 219 g/mol. The van der Waals surface area contributed by atoms with E-state index in [0.29, 0.717) is 6.42 Å². The molecule has 1 N–H and O–H groups in total. The normalized spacial score (nSPS) is 11.2. The van der Waals surface area contributed by atoms with Crippen LogP contribution in [0.15, 0.2) is 30.3 Å². The van der Waals surface area contributed by atoms with Gasteiger partial charge in [-0.1, -0.05) is 37.3 Å². The Morgan fingerprint density at radius 1 is 1.25 bits per heavy atom. The molecule has 0 saturated heterocycles. The molecule has 2 nitrogen and oxygen atoms in total. The van der Waals surface area contributed by atoms with Crippen LogP contribution in [0.2, 0.25) is 0 Å². The summed E-state index contributed by atoms with van der Waals surface area (Å²) in [6, 6.07) is 10.1. The Hall–Kier alpha value is -1.31. The Kier molecular flexibility index (Phi) is 4.53. The molecule has 2 heteroatoms. The summed E-state index contributed by atoms with van der Waals surface area (Å²) in [5.74, 6) is 0.135. The van der Waals surface area contributed by atoms with E-state index >= 15 is 0 Å². The molecular weight excluding hydrogens is 198 g/mol. The molecule has 0 heterocycles. The van der Waals surface area contributed by atoms with Crippen molar-refractivity contribution in [1.29, 1.82) is 0 Å². The maximum Gasteiger partial charge on any atom is 0.220 e. The topological polar surface area (TPSA) is 29.1 Å². The van der Waals surface area contributed by atoms with Gasteiger partial charge in [0.2, 0.25) is 5.91 Å². The molecule has 88 valence electrons. The summed E-state index contributed by atoms with van der Waals surface area (Å²) in [6.45, 7) is 6.18. The van der Waals surface area contributed by atoms with E-state index < -0.39 is 0 Å². The zero-order valence-corrected chi connectivity index (χ0v) is 10.4. The number of aryl methyl sites for hydroxylation is 1. The fraction of sp³-hybridized carbons (Fsp3) is 0.500. The van der Waals surface area contributed by atoms with Crippen molar-refractivity contribution in [3.05, 3.63) is 35.9 Å². The summed E-state index contributed by atoms with van der Waals surface area (Å²) in [5.41, 5.74) is 1.13. The van der Waals surface area contributed by atoms with Crippen LogP contribution >= 0.6 is 0 Å². The van der Waals surface area contributed by atoms with Crippen LogP contribution in [0.25, 0.3) is 0 Å². The number of carbonyl (C=O) groups is 1. The van der Waals surface area contributed by atoms with Gasteiger partial charge in [-0.05, 0) is 32.3 Å². The van der Waals surface area contributed by atoms with E-state index in [1.165, 1.54) is 5.56 Å². The number of benzene rings is 1. The van der Waals surface area contributed by atoms with E-state index in [2.05, 4.69) is 24.4 Å². The third-order valence-corrected chi connectivity index (χ3v) is 2.85. The lowest BCUT2D eigenvalue weighted by Crippen LogP contribution is -2.42. The molecule has 0 aliphatic heterocycles. The zero-order valence-electron chi connectivity index (χ0n) is 10.4. The van der Waals surface area contributed by atoms with Crippen LogP contribution in [0.3, 0.4) is 0 Å². The van der Waals surface area contributed by atoms with Crippen molar-refractivity contribution < 1.29 is 4.79 Å². The Morgan fingerprint density at radius 2 is 1.88 bits per heavy atom. The molecule has 0 radical (unpaired) electrons. The highest BCUT2D eigenvalue weighted by Gasteiger charge is 2.17. The van der Waals surface area contributed by atoms with Gasteiger partial charge in [0, 0.05) is 12.0 Å². The van der Waals surface area contributed by atoms with Crippen molar-refractivity contribution in [2.24, 2.45) is 0 Å². The number of amides is 1. The van der Waals surface area contributed by atoms with Gasteiger partial charge in [-0.2, -0.15) is 0 Å². The number of hydrogen-bond acceptors (Lipinski definition) is 1. The van der Waals surface area contributed by atoms with Crippen molar-refractivity contribution in [2.75, 3.05) is 0 Å². The third kappa shape index (κ3) is 4.47. The molecule has 1 aromatic rings. The second-order valence-corrected chi connectivity index (χ2v) is 4.77. The maximum absolute atomic E-state index is 11.7. The van der Waals surface area contributed by atoms with Gasteiger partial charge in [0.15, 0.2) is 0 Å². The molecule has 0 unspecified atom stereocenters. The molecule has 1 amide bonds. The molecule has 0 aliphatic carbocycles. The lowest BCUT2D eigenvalue weighted by Gasteiger charge is -2.24. The van der Waals surface area contributed by atoms with Gasteiger partial charge in [0.05, 0.1) is 0 Å². The van der Waals surface area contributed by atoms with Crippen LogP contribution in [0, 0.1) is 0 Å². The molecule has 16 heavy (non-hydrogen) atoms. The smallest absolute Gasteiger partial charge is 0.220 e. The van der Waals surface area contributed by atoms with Crippen LogP contribution in [-0.4, -0.2) is 11.4 Å². The highest BCUT2D eigenvalue weighted by molar-refractivity contribution is 5.76. The lowest BCUT2D eigenvalue weighted by atomic mass is 10.0. The van der Waals surface area contributed by atoms with E-state index in [1.807, 2.05) is 32.0 Å². The van der Waals surface area contributed by atoms with Crippen molar-refractivity contribution >= 4 is 5.91 Å². The van der Waals surface area contributed by atoms with Gasteiger partial charge in [0.1, 0.15) is 0 Å². The molecule has 0 fully saturated rings. The SMILES string of the molecule is CCC(C)(C)NC(=O)CCc1ccccc1. The molecule has 1 aromatic carbocycles. The minimum absolute atomic E-state index is 0.0895. The van der Waals surface area contributed by atoms with Crippen LogP contribution < -0.4 is 5.32 Å². The minimum atomic E-state index is -0.0895. The summed E-state index contributed by atoms with van der Waals surface area (Å²) in [4.78, 5) is 11.7. The molecule has 1 rings (SSSR count). The number of carbonyl (C=O) groups excluding carboxylic acids is 1. The highest BCUT2D eigenvalue weighted by Crippen LogP contribution is 2.08. The maximum atomic E-state index is 11.7. The van der Waals surface area contributed by atoms with Crippen molar-refractivity contribution in [3.8, 4) is 0 Å². The van der Waals surface area contributed by atoms with Crippen LogP contribution in [0.5, 0.6) is 0 Å². The molecule has 0 saturated carbocycles. The first-order valence-electron chi connectivity index (χ1n) is 5.88. The molecule has 0 aliphatic rings. The van der Waals surface area contributed by atoms with Gasteiger partial charge in [-0.15, -0.1) is 0 Å². The van der Waals surface area contributed by atoms with E-state index in [0.717, 1.165) is 12.8 Å². The van der Waals surface area contributed by atoms with Crippen molar-refractivity contribution in [1.82, 2.24) is 5.32 Å². The first-order chi connectivity index (χ1) is 7.53. The average Bonchev–Trinajstić information content (AvgIpc) is 2.27. The first kappa shape index (κ1) is 12.8. The second-order valence-electron chi connectivity index (χ2n) is 4.77. The first-order valence-corrected chi connectivity index (χ1v) is 5.88. The third-order valence-electron chi connectivity index (χ3n) is 2.85. The predicted molar refractivity (Wildman–Crippen MR) is 67.3 cm³/mol. The quantitative estimate of drug-likeness (QED) is 0.810. The largest absolute Gasteiger partial charge is 0.351 e. The van der Waals surface area contributed by atoms with Gasteiger partial charge in [-0.25, -0.2) is 0 Å². The monoisotopic (exact) mass is 219 g/mol. The van der Waals surface area contributed by atoms with Crippen molar-refractivity contribution in [3.63, 3.8) is 0 Å². The summed E-state index contributed by atoms with van der Waals surface area (Å²) in [6.07, 6.45) is 2.32. The van der Waals surface area contributed by atoms with Gasteiger partial charge >= 0.3 is 0 Å². The number of hydrogen-bond donors (Lipinski definition) is 1. The minimum Gasteiger partial charge on any atom is -0.351 e. The van der Waals surface area contributed by atoms with E-state index in [4.69, 9.17) is 0 Å². The molecular formula is C14H21NO. The fourth-order valence-electron chi connectivity index (χ4n) is 1.43. The standard InChI is InChI=1S/C14H21NO/c1-4-14(2,3)15-13(16)11-10-12-8-6-5-7-9-12/h5-9H,4,10-11H2,1-3H3,(H,15,16). The van der Waals surface area contributed by atoms with Crippen molar-refractivity contribution in [2.45, 2.75) is 45.6 Å². The van der Waals surface area contributed by atoms with Crippen LogP contribution in [0.4, 0.5) is 0 Å². The van der Waals surface area contributed by atoms with E-state index in [9.17, 15) is 4.79 Å². The molecule has 0 bridgehead atoms. The summed E-state index contributed by atoms with van der Waals surface area (Å²) in [7, 11) is 0. The van der Waals surface area contributed by atoms with E-state index in [1.54, 1.807) is 0 Å². The van der Waals surface area contributed by atoms with Crippen LogP contribution in [-0.2, 0) is 11.2 Å². The van der Waals surface area contributed by atoms with Crippen LogP contribution in [0.1, 0.15) is 39.2 Å².